The Hall–Kier alpha value is -1.55. The highest BCUT2D eigenvalue weighted by atomic mass is 16.3. The number of aryl methyl sites for hydroxylation is 1. The molecule has 116 valence electrons. The van der Waals surface area contributed by atoms with Crippen molar-refractivity contribution in [2.75, 3.05) is 19.7 Å². The Morgan fingerprint density at radius 3 is 2.86 bits per heavy atom. The molecule has 4 heteroatoms. The summed E-state index contributed by atoms with van der Waals surface area (Å²) in [7, 11) is 0. The number of benzene rings is 1. The van der Waals surface area contributed by atoms with Crippen LogP contribution in [-0.2, 0) is 6.42 Å². The highest BCUT2D eigenvalue weighted by Gasteiger charge is 2.25. The molecule has 0 spiro atoms. The van der Waals surface area contributed by atoms with E-state index in [0.29, 0.717) is 13.0 Å². The summed E-state index contributed by atoms with van der Waals surface area (Å²) < 4.78 is 0. The van der Waals surface area contributed by atoms with E-state index in [9.17, 15) is 4.79 Å². The minimum absolute atomic E-state index is 0.0289. The molecule has 4 nitrogen and oxygen atoms in total. The first kappa shape index (κ1) is 15.8. The van der Waals surface area contributed by atoms with Gasteiger partial charge in [-0.15, -0.1) is 0 Å². The highest BCUT2D eigenvalue weighted by molar-refractivity contribution is 5.74. The van der Waals surface area contributed by atoms with Gasteiger partial charge in [-0.2, -0.15) is 0 Å². The summed E-state index contributed by atoms with van der Waals surface area (Å²) in [6.07, 6.45) is 5.87. The Bertz CT molecular complexity index is 420. The molecular formula is C17H26N2O2. The first-order chi connectivity index (χ1) is 10.3. The molecule has 1 aliphatic heterocycles. The number of hydrogen-bond acceptors (Lipinski definition) is 2. The molecule has 0 aromatic heterocycles. The van der Waals surface area contributed by atoms with E-state index >= 15 is 0 Å². The van der Waals surface area contributed by atoms with Crippen LogP contribution in [0.2, 0.25) is 0 Å². The second kappa shape index (κ2) is 8.67. The van der Waals surface area contributed by atoms with Crippen molar-refractivity contribution in [3.8, 4) is 0 Å². The van der Waals surface area contributed by atoms with Crippen molar-refractivity contribution < 1.29 is 9.90 Å². The van der Waals surface area contributed by atoms with Gasteiger partial charge in [0.15, 0.2) is 0 Å². The van der Waals surface area contributed by atoms with Crippen LogP contribution in [0.15, 0.2) is 30.3 Å². The Morgan fingerprint density at radius 1 is 1.29 bits per heavy atom. The number of aliphatic hydroxyl groups excluding tert-OH is 1. The van der Waals surface area contributed by atoms with Crippen LogP contribution in [0, 0.1) is 0 Å². The number of likely N-dealkylation sites (tertiary alicyclic amines) is 1. The number of nitrogens with one attached hydrogen (secondary N) is 1. The number of piperidine rings is 1. The molecule has 1 atom stereocenters. The molecule has 2 rings (SSSR count). The minimum atomic E-state index is 0.0289. The van der Waals surface area contributed by atoms with Crippen LogP contribution >= 0.6 is 0 Å². The summed E-state index contributed by atoms with van der Waals surface area (Å²) in [5.41, 5.74) is 1.31. The topological polar surface area (TPSA) is 52.6 Å². The maximum atomic E-state index is 12.2. The van der Waals surface area contributed by atoms with Crippen molar-refractivity contribution in [1.82, 2.24) is 10.2 Å². The molecular weight excluding hydrogens is 264 g/mol. The van der Waals surface area contributed by atoms with E-state index in [2.05, 4.69) is 17.4 Å². The van der Waals surface area contributed by atoms with Crippen LogP contribution in [-0.4, -0.2) is 41.8 Å². The van der Waals surface area contributed by atoms with Crippen LogP contribution in [0.3, 0.4) is 0 Å². The van der Waals surface area contributed by atoms with E-state index in [0.717, 1.165) is 38.6 Å². The molecule has 0 bridgehead atoms. The van der Waals surface area contributed by atoms with Crippen molar-refractivity contribution >= 4 is 6.03 Å². The van der Waals surface area contributed by atoms with Crippen molar-refractivity contribution in [2.45, 2.75) is 44.6 Å². The summed E-state index contributed by atoms with van der Waals surface area (Å²) >= 11 is 0. The Labute approximate surface area is 127 Å². The SMILES string of the molecule is O=C(NCCCc1ccccc1)N1CCCCC1CCO. The third-order valence-electron chi connectivity index (χ3n) is 4.11. The first-order valence-corrected chi connectivity index (χ1v) is 8.00. The first-order valence-electron chi connectivity index (χ1n) is 8.00. The normalized spacial score (nSPS) is 18.5. The van der Waals surface area contributed by atoms with E-state index in [1.807, 2.05) is 23.1 Å². The van der Waals surface area contributed by atoms with Gasteiger partial charge in [0.05, 0.1) is 0 Å². The van der Waals surface area contributed by atoms with E-state index in [1.165, 1.54) is 5.56 Å². The van der Waals surface area contributed by atoms with E-state index in [-0.39, 0.29) is 18.7 Å². The molecule has 21 heavy (non-hydrogen) atoms. The predicted molar refractivity (Wildman–Crippen MR) is 84.2 cm³/mol. The Balaban J connectivity index is 1.70. The molecule has 0 saturated carbocycles. The van der Waals surface area contributed by atoms with Gasteiger partial charge in [0.25, 0.3) is 0 Å². The van der Waals surface area contributed by atoms with Crippen molar-refractivity contribution in [2.24, 2.45) is 0 Å². The molecule has 0 aliphatic carbocycles. The van der Waals surface area contributed by atoms with Crippen LogP contribution in [0.4, 0.5) is 4.79 Å². The predicted octanol–water partition coefficient (Wildman–Crippen LogP) is 2.57. The number of nitrogens with zero attached hydrogens (tertiary/aromatic N) is 1. The number of rotatable bonds is 6. The van der Waals surface area contributed by atoms with Gasteiger partial charge in [-0.25, -0.2) is 4.79 Å². The summed E-state index contributed by atoms with van der Waals surface area (Å²) in [5, 5.41) is 12.1. The number of carbonyl (C=O) groups excluding carboxylic acids is 1. The molecule has 2 amide bonds. The zero-order valence-corrected chi connectivity index (χ0v) is 12.6. The lowest BCUT2D eigenvalue weighted by Crippen LogP contribution is -2.49. The van der Waals surface area contributed by atoms with Gasteiger partial charge < -0.3 is 15.3 Å². The minimum Gasteiger partial charge on any atom is -0.396 e. The highest BCUT2D eigenvalue weighted by Crippen LogP contribution is 2.19. The molecule has 1 aromatic carbocycles. The number of aliphatic hydroxyl groups is 1. The number of carbonyl (C=O) groups is 1. The van der Waals surface area contributed by atoms with E-state index < -0.39 is 0 Å². The van der Waals surface area contributed by atoms with Gasteiger partial charge in [0.1, 0.15) is 0 Å². The van der Waals surface area contributed by atoms with Gasteiger partial charge in [0, 0.05) is 25.7 Å². The van der Waals surface area contributed by atoms with Crippen molar-refractivity contribution in [1.29, 1.82) is 0 Å². The third kappa shape index (κ3) is 5.05. The van der Waals surface area contributed by atoms with Crippen LogP contribution in [0.25, 0.3) is 0 Å². The zero-order valence-electron chi connectivity index (χ0n) is 12.6. The quantitative estimate of drug-likeness (QED) is 0.791. The largest absolute Gasteiger partial charge is 0.396 e. The lowest BCUT2D eigenvalue weighted by Gasteiger charge is -2.35. The summed E-state index contributed by atoms with van der Waals surface area (Å²) in [6.45, 7) is 1.67. The number of hydrogen-bond donors (Lipinski definition) is 2. The monoisotopic (exact) mass is 290 g/mol. The second-order valence-corrected chi connectivity index (χ2v) is 5.68. The lowest BCUT2D eigenvalue weighted by molar-refractivity contribution is 0.132. The maximum absolute atomic E-state index is 12.2. The fourth-order valence-corrected chi connectivity index (χ4v) is 2.95. The van der Waals surface area contributed by atoms with Crippen molar-refractivity contribution in [3.63, 3.8) is 0 Å². The lowest BCUT2D eigenvalue weighted by atomic mass is 10.0. The van der Waals surface area contributed by atoms with Gasteiger partial charge >= 0.3 is 6.03 Å². The molecule has 0 radical (unpaired) electrons. The van der Waals surface area contributed by atoms with Crippen molar-refractivity contribution in [3.05, 3.63) is 35.9 Å². The molecule has 1 heterocycles. The fraction of sp³-hybridized carbons (Fsp3) is 0.588. The van der Waals surface area contributed by atoms with E-state index in [1.54, 1.807) is 0 Å². The average Bonchev–Trinajstić information content (AvgIpc) is 2.53. The smallest absolute Gasteiger partial charge is 0.317 e. The van der Waals surface area contributed by atoms with Crippen LogP contribution < -0.4 is 5.32 Å². The summed E-state index contributed by atoms with van der Waals surface area (Å²) in [5.74, 6) is 0. The Morgan fingerprint density at radius 2 is 2.10 bits per heavy atom. The van der Waals surface area contributed by atoms with Gasteiger partial charge in [0.2, 0.25) is 0 Å². The molecule has 1 unspecified atom stereocenters. The molecule has 2 N–H and O–H groups in total. The van der Waals surface area contributed by atoms with Gasteiger partial charge in [-0.05, 0) is 44.1 Å². The fourth-order valence-electron chi connectivity index (χ4n) is 2.95. The average molecular weight is 290 g/mol. The zero-order chi connectivity index (χ0) is 14.9. The molecule has 1 fully saturated rings. The molecule has 1 saturated heterocycles. The van der Waals surface area contributed by atoms with Crippen LogP contribution in [0.1, 0.15) is 37.7 Å². The maximum Gasteiger partial charge on any atom is 0.317 e. The Kier molecular flexibility index (Phi) is 6.54. The number of amides is 2. The van der Waals surface area contributed by atoms with Gasteiger partial charge in [-0.3, -0.25) is 0 Å². The molecule has 1 aliphatic rings. The standard InChI is InChI=1S/C17H26N2O2/c20-14-11-16-10-4-5-13-19(16)17(21)18-12-6-9-15-7-2-1-3-8-15/h1-3,7-8,16,20H,4-6,9-14H2,(H,18,21). The third-order valence-corrected chi connectivity index (χ3v) is 4.11. The van der Waals surface area contributed by atoms with E-state index in [4.69, 9.17) is 5.11 Å². The second-order valence-electron chi connectivity index (χ2n) is 5.68. The number of urea groups is 1. The summed E-state index contributed by atoms with van der Waals surface area (Å²) in [6, 6.07) is 10.6. The van der Waals surface area contributed by atoms with Crippen LogP contribution in [0.5, 0.6) is 0 Å². The summed E-state index contributed by atoms with van der Waals surface area (Å²) in [4.78, 5) is 14.1. The molecule has 1 aromatic rings. The van der Waals surface area contributed by atoms with Gasteiger partial charge in [-0.1, -0.05) is 30.3 Å².